The summed E-state index contributed by atoms with van der Waals surface area (Å²) < 4.78 is 41.1. The Morgan fingerprint density at radius 3 is 2.57 bits per heavy atom. The van der Waals surface area contributed by atoms with Gasteiger partial charge < -0.3 is 5.32 Å². The Morgan fingerprint density at radius 2 is 1.96 bits per heavy atom. The fourth-order valence-corrected chi connectivity index (χ4v) is 2.14. The average molecular weight is 325 g/mol. The van der Waals surface area contributed by atoms with Gasteiger partial charge in [-0.25, -0.2) is 4.98 Å². The van der Waals surface area contributed by atoms with Crippen molar-refractivity contribution in [1.29, 1.82) is 0 Å². The molecule has 0 unspecified atom stereocenters. The molecule has 0 aliphatic heterocycles. The van der Waals surface area contributed by atoms with Gasteiger partial charge in [0.25, 0.3) is 11.6 Å². The molecule has 0 bridgehead atoms. The number of rotatable bonds is 3. The second-order valence-corrected chi connectivity index (χ2v) is 5.16. The van der Waals surface area contributed by atoms with E-state index in [0.717, 1.165) is 15.8 Å². The van der Waals surface area contributed by atoms with Gasteiger partial charge in [-0.15, -0.1) is 5.10 Å². The minimum atomic E-state index is -4.61. The third-order valence-electron chi connectivity index (χ3n) is 3.49. The van der Waals surface area contributed by atoms with Gasteiger partial charge in [0.2, 0.25) is 0 Å². The van der Waals surface area contributed by atoms with E-state index in [2.05, 4.69) is 25.5 Å². The van der Waals surface area contributed by atoms with Gasteiger partial charge in [0.1, 0.15) is 5.82 Å². The van der Waals surface area contributed by atoms with Crippen LogP contribution in [0.2, 0.25) is 0 Å². The third kappa shape index (κ3) is 2.83. The molecule has 3 rings (SSSR count). The van der Waals surface area contributed by atoms with Crippen molar-refractivity contribution >= 4 is 11.6 Å². The van der Waals surface area contributed by atoms with Gasteiger partial charge in [0.05, 0.1) is 6.20 Å². The van der Waals surface area contributed by atoms with Crippen LogP contribution in [0, 0.1) is 13.8 Å². The standard InChI is InChI=1S/C13H14F3N7/c1-7-4-10(17-5-9-6-18-22(3)8(9)2)23-12(19-7)20-11(21-23)13(14,15)16/h4,6,17H,5H2,1-3H3. The zero-order valence-corrected chi connectivity index (χ0v) is 12.7. The Morgan fingerprint density at radius 1 is 1.22 bits per heavy atom. The lowest BCUT2D eigenvalue weighted by atomic mass is 10.2. The SMILES string of the molecule is Cc1cc(NCc2cnn(C)c2C)n2nc(C(F)(F)F)nc2n1. The van der Waals surface area contributed by atoms with Gasteiger partial charge in [-0.3, -0.25) is 4.68 Å². The molecule has 122 valence electrons. The highest BCUT2D eigenvalue weighted by atomic mass is 19.4. The predicted molar refractivity (Wildman–Crippen MR) is 75.8 cm³/mol. The number of anilines is 1. The zero-order chi connectivity index (χ0) is 16.8. The van der Waals surface area contributed by atoms with Gasteiger partial charge in [-0.2, -0.15) is 27.8 Å². The molecular weight excluding hydrogens is 311 g/mol. The highest BCUT2D eigenvalue weighted by Crippen LogP contribution is 2.27. The fourth-order valence-electron chi connectivity index (χ4n) is 2.14. The Kier molecular flexibility index (Phi) is 3.46. The van der Waals surface area contributed by atoms with E-state index in [1.807, 2.05) is 14.0 Å². The number of hydrogen-bond acceptors (Lipinski definition) is 5. The molecule has 0 radical (unpaired) electrons. The van der Waals surface area contributed by atoms with Gasteiger partial charge in [-0.1, -0.05) is 0 Å². The van der Waals surface area contributed by atoms with Gasteiger partial charge >= 0.3 is 6.18 Å². The highest BCUT2D eigenvalue weighted by Gasteiger charge is 2.36. The first-order chi connectivity index (χ1) is 10.8. The molecule has 3 heterocycles. The van der Waals surface area contributed by atoms with Crippen molar-refractivity contribution in [2.45, 2.75) is 26.6 Å². The van der Waals surface area contributed by atoms with E-state index in [0.29, 0.717) is 18.1 Å². The molecule has 3 aromatic heterocycles. The lowest BCUT2D eigenvalue weighted by molar-refractivity contribution is -0.144. The fraction of sp³-hybridized carbons (Fsp3) is 0.385. The van der Waals surface area contributed by atoms with Crippen molar-refractivity contribution in [3.8, 4) is 0 Å². The van der Waals surface area contributed by atoms with Crippen molar-refractivity contribution < 1.29 is 13.2 Å². The number of hydrogen-bond donors (Lipinski definition) is 1. The maximum Gasteiger partial charge on any atom is 0.453 e. The number of fused-ring (bicyclic) bond motifs is 1. The van der Waals surface area contributed by atoms with Crippen LogP contribution >= 0.6 is 0 Å². The minimum absolute atomic E-state index is 0.0947. The molecule has 3 aromatic rings. The zero-order valence-electron chi connectivity index (χ0n) is 12.7. The van der Waals surface area contributed by atoms with E-state index in [-0.39, 0.29) is 5.78 Å². The van der Waals surface area contributed by atoms with Crippen LogP contribution in [0.1, 0.15) is 22.8 Å². The summed E-state index contributed by atoms with van der Waals surface area (Å²) in [6, 6.07) is 1.62. The first-order valence-electron chi connectivity index (χ1n) is 6.78. The number of halogens is 3. The van der Waals surface area contributed by atoms with Gasteiger partial charge in [0, 0.05) is 36.6 Å². The lowest BCUT2D eigenvalue weighted by Gasteiger charge is -2.08. The molecule has 0 amide bonds. The smallest absolute Gasteiger partial charge is 0.366 e. The molecule has 0 atom stereocenters. The molecule has 0 saturated heterocycles. The number of aryl methyl sites for hydroxylation is 2. The number of nitrogens with one attached hydrogen (secondary N) is 1. The summed E-state index contributed by atoms with van der Waals surface area (Å²) in [5.41, 5.74) is 2.45. The normalized spacial score (nSPS) is 12.1. The third-order valence-corrected chi connectivity index (χ3v) is 3.49. The summed E-state index contributed by atoms with van der Waals surface area (Å²) in [4.78, 5) is 7.42. The second kappa shape index (κ2) is 5.21. The molecule has 0 aliphatic rings. The predicted octanol–water partition coefficient (Wildman–Crippen LogP) is 2.11. The van der Waals surface area contributed by atoms with Crippen LogP contribution in [-0.2, 0) is 19.8 Å². The van der Waals surface area contributed by atoms with E-state index in [9.17, 15) is 13.2 Å². The van der Waals surface area contributed by atoms with Crippen LogP contribution in [0.15, 0.2) is 12.3 Å². The molecule has 7 nitrogen and oxygen atoms in total. The monoisotopic (exact) mass is 325 g/mol. The average Bonchev–Trinajstić information content (AvgIpc) is 3.01. The van der Waals surface area contributed by atoms with Crippen LogP contribution in [0.5, 0.6) is 0 Å². The second-order valence-electron chi connectivity index (χ2n) is 5.16. The van der Waals surface area contributed by atoms with Crippen molar-refractivity contribution in [3.05, 3.63) is 35.0 Å². The largest absolute Gasteiger partial charge is 0.453 e. The molecule has 0 aliphatic carbocycles. The summed E-state index contributed by atoms with van der Waals surface area (Å²) >= 11 is 0. The van der Waals surface area contributed by atoms with Crippen LogP contribution in [0.4, 0.5) is 19.0 Å². The number of aromatic nitrogens is 6. The molecule has 0 saturated carbocycles. The Bertz CT molecular complexity index is 862. The quantitative estimate of drug-likeness (QED) is 0.798. The van der Waals surface area contributed by atoms with Crippen molar-refractivity contribution in [1.82, 2.24) is 29.4 Å². The Balaban J connectivity index is 1.96. The van der Waals surface area contributed by atoms with Crippen LogP contribution < -0.4 is 5.32 Å². The van der Waals surface area contributed by atoms with Gasteiger partial charge in [-0.05, 0) is 13.8 Å². The molecule has 1 N–H and O–H groups in total. The molecule has 0 fully saturated rings. The van der Waals surface area contributed by atoms with Crippen molar-refractivity contribution in [2.24, 2.45) is 7.05 Å². The van der Waals surface area contributed by atoms with E-state index < -0.39 is 12.0 Å². The van der Waals surface area contributed by atoms with Gasteiger partial charge in [0.15, 0.2) is 0 Å². The van der Waals surface area contributed by atoms with E-state index in [4.69, 9.17) is 0 Å². The topological polar surface area (TPSA) is 72.9 Å². The van der Waals surface area contributed by atoms with Crippen LogP contribution in [-0.4, -0.2) is 29.4 Å². The summed E-state index contributed by atoms with van der Waals surface area (Å²) in [7, 11) is 1.82. The maximum absolute atomic E-state index is 12.8. The molecule has 23 heavy (non-hydrogen) atoms. The summed E-state index contributed by atoms with van der Waals surface area (Å²) in [6.45, 7) is 4.00. The number of nitrogens with zero attached hydrogens (tertiary/aromatic N) is 6. The number of alkyl halides is 3. The Labute approximate surface area is 129 Å². The van der Waals surface area contributed by atoms with E-state index >= 15 is 0 Å². The van der Waals surface area contributed by atoms with E-state index in [1.165, 1.54) is 0 Å². The van der Waals surface area contributed by atoms with Crippen molar-refractivity contribution in [3.63, 3.8) is 0 Å². The molecular formula is C13H14F3N7. The van der Waals surface area contributed by atoms with Crippen molar-refractivity contribution in [2.75, 3.05) is 5.32 Å². The summed E-state index contributed by atoms with van der Waals surface area (Å²) in [5, 5.41) is 10.7. The van der Waals surface area contributed by atoms with Crippen LogP contribution in [0.25, 0.3) is 5.78 Å². The summed E-state index contributed by atoms with van der Waals surface area (Å²) in [6.07, 6.45) is -2.91. The first kappa shape index (κ1) is 15.3. The maximum atomic E-state index is 12.8. The molecule has 0 aromatic carbocycles. The first-order valence-corrected chi connectivity index (χ1v) is 6.78. The summed E-state index contributed by atoms with van der Waals surface area (Å²) in [5.74, 6) is -0.919. The highest BCUT2D eigenvalue weighted by molar-refractivity contribution is 5.46. The van der Waals surface area contributed by atoms with Crippen LogP contribution in [0.3, 0.4) is 0 Å². The Hall–Kier alpha value is -2.65. The van der Waals surface area contributed by atoms with E-state index in [1.54, 1.807) is 23.9 Å². The lowest BCUT2D eigenvalue weighted by Crippen LogP contribution is -2.09. The molecule has 10 heteroatoms. The minimum Gasteiger partial charge on any atom is -0.366 e. The molecule has 0 spiro atoms.